The minimum Gasteiger partial charge on any atom is -0.496 e. The van der Waals surface area contributed by atoms with Crippen LogP contribution in [0.4, 0.5) is 0 Å². The van der Waals surface area contributed by atoms with Gasteiger partial charge < -0.3 is 10.1 Å². The van der Waals surface area contributed by atoms with Gasteiger partial charge in [0.2, 0.25) is 0 Å². The van der Waals surface area contributed by atoms with E-state index in [9.17, 15) is 4.79 Å². The molecule has 0 bridgehead atoms. The molecule has 0 amide bonds. The molecule has 1 aromatic rings. The van der Waals surface area contributed by atoms with E-state index in [0.717, 1.165) is 15.8 Å². The van der Waals surface area contributed by atoms with E-state index in [1.54, 1.807) is 7.11 Å². The van der Waals surface area contributed by atoms with Crippen molar-refractivity contribution < 1.29 is 9.53 Å². The van der Waals surface area contributed by atoms with Crippen molar-refractivity contribution in [3.63, 3.8) is 0 Å². The molecule has 0 aliphatic heterocycles. The second-order valence-corrected chi connectivity index (χ2v) is 4.97. The maximum absolute atomic E-state index is 12.0. The topological polar surface area (TPSA) is 38.3 Å². The van der Waals surface area contributed by atoms with Crippen LogP contribution < -0.4 is 10.1 Å². The minimum atomic E-state index is 0.0173. The van der Waals surface area contributed by atoms with E-state index in [1.165, 1.54) is 0 Å². The maximum Gasteiger partial charge on any atom is 0.141 e. The number of carbonyl (C=O) groups excluding carboxylic acids is 1. The second-order valence-electron chi connectivity index (χ2n) is 4.06. The number of ketones is 1. The molecule has 94 valence electrons. The third-order valence-corrected chi connectivity index (χ3v) is 3.16. The molecule has 4 heteroatoms. The molecule has 3 nitrogen and oxygen atoms in total. The fourth-order valence-corrected chi connectivity index (χ4v) is 2.08. The van der Waals surface area contributed by atoms with Crippen molar-refractivity contribution in [2.75, 3.05) is 20.7 Å². The van der Waals surface area contributed by atoms with Gasteiger partial charge in [-0.05, 0) is 25.2 Å². The summed E-state index contributed by atoms with van der Waals surface area (Å²) in [5.41, 5.74) is 0.926. The van der Waals surface area contributed by atoms with Crippen molar-refractivity contribution in [2.45, 2.75) is 13.3 Å². The molecule has 0 aliphatic rings. The Hall–Kier alpha value is -0.870. The van der Waals surface area contributed by atoms with Crippen LogP contribution in [-0.4, -0.2) is 26.5 Å². The Kier molecular flexibility index (Phi) is 5.65. The van der Waals surface area contributed by atoms with E-state index in [4.69, 9.17) is 4.74 Å². The molecule has 1 unspecified atom stereocenters. The highest BCUT2D eigenvalue weighted by Gasteiger charge is 2.15. The largest absolute Gasteiger partial charge is 0.496 e. The summed E-state index contributed by atoms with van der Waals surface area (Å²) in [6.07, 6.45) is 0.408. The quantitative estimate of drug-likeness (QED) is 0.877. The number of Topliss-reactive ketones (excluding diaryl/α,β-unsaturated/α-hetero) is 1. The smallest absolute Gasteiger partial charge is 0.141 e. The second kappa shape index (κ2) is 6.77. The molecule has 0 fully saturated rings. The van der Waals surface area contributed by atoms with Gasteiger partial charge in [0.25, 0.3) is 0 Å². The molecule has 0 saturated carbocycles. The molecule has 0 aliphatic carbocycles. The van der Waals surface area contributed by atoms with Crippen LogP contribution in [0.1, 0.15) is 12.5 Å². The van der Waals surface area contributed by atoms with E-state index in [2.05, 4.69) is 21.2 Å². The van der Waals surface area contributed by atoms with Crippen molar-refractivity contribution >= 4 is 21.7 Å². The summed E-state index contributed by atoms with van der Waals surface area (Å²) in [6.45, 7) is 2.64. The van der Waals surface area contributed by atoms with Crippen LogP contribution in [-0.2, 0) is 11.2 Å². The number of carbonyl (C=O) groups is 1. The van der Waals surface area contributed by atoms with Gasteiger partial charge in [-0.15, -0.1) is 0 Å². The van der Waals surface area contributed by atoms with Crippen molar-refractivity contribution in [1.82, 2.24) is 5.32 Å². The maximum atomic E-state index is 12.0. The Labute approximate surface area is 111 Å². The zero-order chi connectivity index (χ0) is 12.8. The van der Waals surface area contributed by atoms with Gasteiger partial charge in [0.05, 0.1) is 7.11 Å². The summed E-state index contributed by atoms with van der Waals surface area (Å²) in [6, 6.07) is 5.71. The van der Waals surface area contributed by atoms with Gasteiger partial charge in [-0.1, -0.05) is 22.9 Å². The van der Waals surface area contributed by atoms with Gasteiger partial charge in [-0.2, -0.15) is 0 Å². The van der Waals surface area contributed by atoms with E-state index < -0.39 is 0 Å². The fourth-order valence-electron chi connectivity index (χ4n) is 1.67. The van der Waals surface area contributed by atoms with Crippen LogP contribution in [0.3, 0.4) is 0 Å². The lowest BCUT2D eigenvalue weighted by Gasteiger charge is -2.12. The summed E-state index contributed by atoms with van der Waals surface area (Å²) in [4.78, 5) is 12.0. The molecular formula is C13H18BrNO2. The van der Waals surface area contributed by atoms with E-state index in [0.29, 0.717) is 13.0 Å². The SMILES string of the molecule is CNCC(C)C(=O)Cc1cc(Br)ccc1OC. The predicted octanol–water partition coefficient (Wildman–Crippen LogP) is 2.42. The molecule has 0 radical (unpaired) electrons. The number of halogens is 1. The van der Waals surface area contributed by atoms with Gasteiger partial charge in [0.15, 0.2) is 0 Å². The zero-order valence-corrected chi connectivity index (χ0v) is 12.0. The summed E-state index contributed by atoms with van der Waals surface area (Å²) >= 11 is 3.40. The predicted molar refractivity (Wildman–Crippen MR) is 72.5 cm³/mol. The Morgan fingerprint density at radius 2 is 2.24 bits per heavy atom. The first-order valence-corrected chi connectivity index (χ1v) is 6.37. The molecule has 1 aromatic carbocycles. The minimum absolute atomic E-state index is 0.0173. The normalized spacial score (nSPS) is 12.2. The van der Waals surface area contributed by atoms with Crippen LogP contribution in [0, 0.1) is 5.92 Å². The average Bonchev–Trinajstić information content (AvgIpc) is 2.29. The van der Waals surface area contributed by atoms with Crippen LogP contribution in [0.5, 0.6) is 5.75 Å². The monoisotopic (exact) mass is 299 g/mol. The van der Waals surface area contributed by atoms with Gasteiger partial charge in [-0.3, -0.25) is 4.79 Å². The van der Waals surface area contributed by atoms with Gasteiger partial charge in [0, 0.05) is 28.9 Å². The summed E-state index contributed by atoms with van der Waals surface area (Å²) in [5.74, 6) is 0.998. The van der Waals surface area contributed by atoms with Crippen LogP contribution >= 0.6 is 15.9 Å². The molecule has 0 aromatic heterocycles. The number of rotatable bonds is 6. The number of benzene rings is 1. The van der Waals surface area contributed by atoms with Gasteiger partial charge >= 0.3 is 0 Å². The average molecular weight is 300 g/mol. The van der Waals surface area contributed by atoms with Crippen LogP contribution in [0.15, 0.2) is 22.7 Å². The highest BCUT2D eigenvalue weighted by atomic mass is 79.9. The highest BCUT2D eigenvalue weighted by molar-refractivity contribution is 9.10. The van der Waals surface area contributed by atoms with Crippen molar-refractivity contribution in [2.24, 2.45) is 5.92 Å². The third kappa shape index (κ3) is 4.13. The number of hydrogen-bond donors (Lipinski definition) is 1. The Morgan fingerprint density at radius 3 is 2.82 bits per heavy atom. The molecule has 1 atom stereocenters. The zero-order valence-electron chi connectivity index (χ0n) is 10.4. The number of ether oxygens (including phenoxy) is 1. The molecule has 1 N–H and O–H groups in total. The molecule has 0 saturated heterocycles. The first-order chi connectivity index (χ1) is 8.08. The van der Waals surface area contributed by atoms with Crippen molar-refractivity contribution in [3.8, 4) is 5.75 Å². The summed E-state index contributed by atoms with van der Waals surface area (Å²) in [5, 5.41) is 3.01. The lowest BCUT2D eigenvalue weighted by molar-refractivity contribution is -0.121. The number of methoxy groups -OCH3 is 1. The number of nitrogens with one attached hydrogen (secondary N) is 1. The Bertz CT molecular complexity index is 393. The van der Waals surface area contributed by atoms with Crippen molar-refractivity contribution in [1.29, 1.82) is 0 Å². The van der Waals surface area contributed by atoms with Gasteiger partial charge in [-0.25, -0.2) is 0 Å². The van der Waals surface area contributed by atoms with Crippen LogP contribution in [0.2, 0.25) is 0 Å². The lowest BCUT2D eigenvalue weighted by atomic mass is 9.99. The highest BCUT2D eigenvalue weighted by Crippen LogP contribution is 2.24. The van der Waals surface area contributed by atoms with E-state index in [-0.39, 0.29) is 11.7 Å². The lowest BCUT2D eigenvalue weighted by Crippen LogP contribution is -2.25. The standard InChI is InChI=1S/C13H18BrNO2/c1-9(8-15-2)12(16)7-10-6-11(14)4-5-13(10)17-3/h4-6,9,15H,7-8H2,1-3H3. The van der Waals surface area contributed by atoms with Crippen molar-refractivity contribution in [3.05, 3.63) is 28.2 Å². The van der Waals surface area contributed by atoms with Crippen LogP contribution in [0.25, 0.3) is 0 Å². The molecule has 0 spiro atoms. The third-order valence-electron chi connectivity index (χ3n) is 2.67. The first kappa shape index (κ1) is 14.2. The number of hydrogen-bond acceptors (Lipinski definition) is 3. The Balaban J connectivity index is 2.79. The Morgan fingerprint density at radius 1 is 1.53 bits per heavy atom. The summed E-state index contributed by atoms with van der Waals surface area (Å²) < 4.78 is 6.21. The molecular weight excluding hydrogens is 282 g/mol. The fraction of sp³-hybridized carbons (Fsp3) is 0.462. The molecule has 1 rings (SSSR count). The van der Waals surface area contributed by atoms with E-state index >= 15 is 0 Å². The molecule has 17 heavy (non-hydrogen) atoms. The van der Waals surface area contributed by atoms with E-state index in [1.807, 2.05) is 32.2 Å². The summed E-state index contributed by atoms with van der Waals surface area (Å²) in [7, 11) is 3.47. The van der Waals surface area contributed by atoms with Gasteiger partial charge in [0.1, 0.15) is 11.5 Å². The first-order valence-electron chi connectivity index (χ1n) is 5.58. The molecule has 0 heterocycles.